The lowest BCUT2D eigenvalue weighted by Gasteiger charge is -2.12. The lowest BCUT2D eigenvalue weighted by Crippen LogP contribution is -2.17. The molecule has 0 aromatic carbocycles. The minimum absolute atomic E-state index is 0.0866. The number of hydrogen-bond acceptors (Lipinski definition) is 2. The molecule has 3 heteroatoms. The first-order valence-electron chi connectivity index (χ1n) is 3.83. The third-order valence-electron chi connectivity index (χ3n) is 0.915. The van der Waals surface area contributed by atoms with Gasteiger partial charge in [-0.3, -0.25) is 4.99 Å². The molecule has 0 aliphatic carbocycles. The van der Waals surface area contributed by atoms with Crippen LogP contribution in [0.2, 0.25) is 0 Å². The summed E-state index contributed by atoms with van der Waals surface area (Å²) in [6.07, 6.45) is 0. The molecule has 12 heavy (non-hydrogen) atoms. The highest BCUT2D eigenvalue weighted by molar-refractivity contribution is 8.13. The molecule has 0 aliphatic rings. The normalized spacial score (nSPS) is 12.2. The van der Waals surface area contributed by atoms with Crippen LogP contribution in [0.1, 0.15) is 27.7 Å². The Morgan fingerprint density at radius 1 is 1.50 bits per heavy atom. The number of hydrogen-bond donors (Lipinski definition) is 1. The Bertz CT molecular complexity index is 215. The standard InChI is InChI=1S/C9H16N2S/c1-5-6-7-12-8(10)11-9(2,3)4/h7H2,1-4H3,(H2,10,11). The van der Waals surface area contributed by atoms with Crippen molar-refractivity contribution in [3.8, 4) is 11.8 Å². The Hall–Kier alpha value is -0.620. The van der Waals surface area contributed by atoms with Crippen molar-refractivity contribution in [3.05, 3.63) is 0 Å². The van der Waals surface area contributed by atoms with E-state index in [4.69, 9.17) is 5.73 Å². The van der Waals surface area contributed by atoms with Crippen molar-refractivity contribution in [2.45, 2.75) is 33.2 Å². The van der Waals surface area contributed by atoms with Crippen molar-refractivity contribution >= 4 is 16.9 Å². The average molecular weight is 184 g/mol. The topological polar surface area (TPSA) is 38.4 Å². The van der Waals surface area contributed by atoms with Gasteiger partial charge in [0, 0.05) is 0 Å². The number of nitrogens with two attached hydrogens (primary N) is 1. The van der Waals surface area contributed by atoms with Crippen LogP contribution in [0.5, 0.6) is 0 Å². The van der Waals surface area contributed by atoms with Gasteiger partial charge in [-0.1, -0.05) is 17.7 Å². The third-order valence-corrected chi connectivity index (χ3v) is 1.59. The SMILES string of the molecule is CC#CCSC(N)=NC(C)(C)C. The van der Waals surface area contributed by atoms with E-state index in [1.807, 2.05) is 27.7 Å². The van der Waals surface area contributed by atoms with Crippen molar-refractivity contribution in [2.75, 3.05) is 5.75 Å². The van der Waals surface area contributed by atoms with Crippen LogP contribution in [-0.4, -0.2) is 16.5 Å². The summed E-state index contributed by atoms with van der Waals surface area (Å²) in [5, 5.41) is 0.616. The molecule has 2 N–H and O–H groups in total. The smallest absolute Gasteiger partial charge is 0.155 e. The molecular weight excluding hydrogens is 168 g/mol. The van der Waals surface area contributed by atoms with Gasteiger partial charge in [-0.05, 0) is 27.7 Å². The molecular formula is C9H16N2S. The second-order valence-corrected chi connectivity index (χ2v) is 4.33. The first-order chi connectivity index (χ1) is 5.45. The molecule has 0 amide bonds. The number of amidine groups is 1. The van der Waals surface area contributed by atoms with Gasteiger partial charge in [0.1, 0.15) is 0 Å². The zero-order chi connectivity index (χ0) is 9.61. The lowest BCUT2D eigenvalue weighted by atomic mass is 10.1. The Morgan fingerprint density at radius 2 is 2.08 bits per heavy atom. The quantitative estimate of drug-likeness (QED) is 0.384. The van der Waals surface area contributed by atoms with E-state index >= 15 is 0 Å². The molecule has 0 unspecified atom stereocenters. The van der Waals surface area contributed by atoms with E-state index in [0.29, 0.717) is 5.17 Å². The van der Waals surface area contributed by atoms with Gasteiger partial charge in [0.2, 0.25) is 0 Å². The molecule has 0 saturated carbocycles. The van der Waals surface area contributed by atoms with Crippen LogP contribution in [0.3, 0.4) is 0 Å². The molecule has 0 bridgehead atoms. The van der Waals surface area contributed by atoms with Crippen molar-refractivity contribution < 1.29 is 0 Å². The summed E-state index contributed by atoms with van der Waals surface area (Å²) < 4.78 is 0. The van der Waals surface area contributed by atoms with Crippen LogP contribution in [0, 0.1) is 11.8 Å². The highest BCUT2D eigenvalue weighted by Crippen LogP contribution is 2.09. The first kappa shape index (κ1) is 11.4. The monoisotopic (exact) mass is 184 g/mol. The Morgan fingerprint density at radius 3 is 2.50 bits per heavy atom. The molecule has 2 nitrogen and oxygen atoms in total. The Balaban J connectivity index is 3.92. The Labute approximate surface area is 79.0 Å². The predicted molar refractivity (Wildman–Crippen MR) is 57.3 cm³/mol. The minimum Gasteiger partial charge on any atom is -0.378 e. The van der Waals surface area contributed by atoms with Crippen molar-refractivity contribution in [2.24, 2.45) is 10.7 Å². The molecule has 0 spiro atoms. The van der Waals surface area contributed by atoms with Crippen molar-refractivity contribution in [1.29, 1.82) is 0 Å². The van der Waals surface area contributed by atoms with Gasteiger partial charge in [-0.2, -0.15) is 0 Å². The number of nitrogens with zero attached hydrogens (tertiary/aromatic N) is 1. The van der Waals surface area contributed by atoms with E-state index in [0.717, 1.165) is 5.75 Å². The zero-order valence-electron chi connectivity index (χ0n) is 8.14. The average Bonchev–Trinajstić information content (AvgIpc) is 1.84. The molecule has 0 aromatic rings. The molecule has 0 radical (unpaired) electrons. The lowest BCUT2D eigenvalue weighted by molar-refractivity contribution is 0.585. The van der Waals surface area contributed by atoms with E-state index in [1.165, 1.54) is 11.8 Å². The molecule has 0 rings (SSSR count). The molecule has 0 atom stereocenters. The summed E-state index contributed by atoms with van der Waals surface area (Å²) in [5.74, 6) is 6.45. The highest BCUT2D eigenvalue weighted by Gasteiger charge is 2.07. The van der Waals surface area contributed by atoms with E-state index in [1.54, 1.807) is 0 Å². The van der Waals surface area contributed by atoms with Crippen LogP contribution in [0.4, 0.5) is 0 Å². The molecule has 0 saturated heterocycles. The van der Waals surface area contributed by atoms with Gasteiger partial charge >= 0.3 is 0 Å². The molecule has 0 aromatic heterocycles. The van der Waals surface area contributed by atoms with Crippen molar-refractivity contribution in [1.82, 2.24) is 0 Å². The summed E-state index contributed by atoms with van der Waals surface area (Å²) >= 11 is 1.48. The number of aliphatic imine (C=N–C) groups is 1. The van der Waals surface area contributed by atoms with Gasteiger partial charge in [-0.15, -0.1) is 5.92 Å². The van der Waals surface area contributed by atoms with E-state index < -0.39 is 0 Å². The second-order valence-electron chi connectivity index (χ2n) is 3.34. The fourth-order valence-electron chi connectivity index (χ4n) is 0.545. The summed E-state index contributed by atoms with van der Waals surface area (Å²) in [5.41, 5.74) is 5.56. The second kappa shape index (κ2) is 5.10. The summed E-state index contributed by atoms with van der Waals surface area (Å²) in [6, 6.07) is 0. The van der Waals surface area contributed by atoms with Gasteiger partial charge in [0.15, 0.2) is 5.17 Å². The fraction of sp³-hybridized carbons (Fsp3) is 0.667. The fourth-order valence-corrected chi connectivity index (χ4v) is 1.25. The summed E-state index contributed by atoms with van der Waals surface area (Å²) in [6.45, 7) is 7.88. The molecule has 0 aliphatic heterocycles. The van der Waals surface area contributed by atoms with Gasteiger partial charge in [0.25, 0.3) is 0 Å². The van der Waals surface area contributed by atoms with E-state index in [9.17, 15) is 0 Å². The zero-order valence-corrected chi connectivity index (χ0v) is 8.96. The Kier molecular flexibility index (Phi) is 4.84. The summed E-state index contributed by atoms with van der Waals surface area (Å²) in [4.78, 5) is 4.27. The first-order valence-corrected chi connectivity index (χ1v) is 4.82. The highest BCUT2D eigenvalue weighted by atomic mass is 32.2. The van der Waals surface area contributed by atoms with Gasteiger partial charge in [0.05, 0.1) is 11.3 Å². The van der Waals surface area contributed by atoms with Crippen molar-refractivity contribution in [3.63, 3.8) is 0 Å². The molecule has 68 valence electrons. The van der Waals surface area contributed by atoms with Crippen LogP contribution in [-0.2, 0) is 0 Å². The minimum atomic E-state index is -0.0866. The maximum absolute atomic E-state index is 5.65. The van der Waals surface area contributed by atoms with Crippen LogP contribution < -0.4 is 5.73 Å². The van der Waals surface area contributed by atoms with Crippen LogP contribution >= 0.6 is 11.8 Å². The predicted octanol–water partition coefficient (Wildman–Crippen LogP) is 1.86. The van der Waals surface area contributed by atoms with E-state index in [2.05, 4.69) is 16.8 Å². The number of thioether (sulfide) groups is 1. The number of rotatable bonds is 1. The van der Waals surface area contributed by atoms with E-state index in [-0.39, 0.29) is 5.54 Å². The van der Waals surface area contributed by atoms with Gasteiger partial charge in [-0.25, -0.2) is 0 Å². The maximum Gasteiger partial charge on any atom is 0.155 e. The van der Waals surface area contributed by atoms with Gasteiger partial charge < -0.3 is 5.73 Å². The molecule has 0 heterocycles. The van der Waals surface area contributed by atoms with Crippen LogP contribution in [0.15, 0.2) is 4.99 Å². The molecule has 0 fully saturated rings. The van der Waals surface area contributed by atoms with Crippen LogP contribution in [0.25, 0.3) is 0 Å². The largest absolute Gasteiger partial charge is 0.378 e. The maximum atomic E-state index is 5.65. The summed E-state index contributed by atoms with van der Waals surface area (Å²) in [7, 11) is 0. The third kappa shape index (κ3) is 7.49.